The van der Waals surface area contributed by atoms with Crippen molar-refractivity contribution in [2.75, 3.05) is 5.75 Å². The highest BCUT2D eigenvalue weighted by Gasteiger charge is 2.09. The van der Waals surface area contributed by atoms with Gasteiger partial charge < -0.3 is 5.73 Å². The van der Waals surface area contributed by atoms with E-state index in [0.29, 0.717) is 6.54 Å². The lowest BCUT2D eigenvalue weighted by Gasteiger charge is -2.08. The number of hydrogen-bond acceptors (Lipinski definition) is 4. The van der Waals surface area contributed by atoms with Crippen LogP contribution in [0.25, 0.3) is 0 Å². The molecule has 0 spiro atoms. The highest BCUT2D eigenvalue weighted by molar-refractivity contribution is 7.89. The molecule has 1 rings (SSSR count). The number of nitrogens with one attached hydrogen (secondary N) is 1. The van der Waals surface area contributed by atoms with Gasteiger partial charge in [-0.25, -0.2) is 13.1 Å². The summed E-state index contributed by atoms with van der Waals surface area (Å²) >= 11 is 0. The molecule has 0 radical (unpaired) electrons. The molecule has 0 bridgehead atoms. The van der Waals surface area contributed by atoms with Crippen molar-refractivity contribution in [3.05, 3.63) is 35.4 Å². The van der Waals surface area contributed by atoms with Crippen molar-refractivity contribution in [2.24, 2.45) is 5.73 Å². The molecule has 1 aromatic carbocycles. The second kappa shape index (κ2) is 5.61. The van der Waals surface area contributed by atoms with Crippen LogP contribution in [0.3, 0.4) is 0 Å². The van der Waals surface area contributed by atoms with Crippen molar-refractivity contribution in [2.45, 2.75) is 13.1 Å². The number of nitriles is 1. The van der Waals surface area contributed by atoms with Gasteiger partial charge in [0.1, 0.15) is 0 Å². The number of nitrogens with zero attached hydrogens (tertiary/aromatic N) is 1. The maximum atomic E-state index is 11.2. The Hall–Kier alpha value is -1.42. The first-order valence-electron chi connectivity index (χ1n) is 4.70. The van der Waals surface area contributed by atoms with Crippen molar-refractivity contribution in [3.63, 3.8) is 0 Å². The lowest BCUT2D eigenvalue weighted by molar-refractivity contribution is 0.584. The average molecular weight is 239 g/mol. The van der Waals surface area contributed by atoms with Gasteiger partial charge >= 0.3 is 0 Å². The quantitative estimate of drug-likeness (QED) is 0.761. The molecule has 0 aliphatic heterocycles. The van der Waals surface area contributed by atoms with E-state index in [4.69, 9.17) is 11.0 Å². The van der Waals surface area contributed by atoms with Crippen LogP contribution in [0, 0.1) is 11.3 Å². The van der Waals surface area contributed by atoms with E-state index in [1.54, 1.807) is 12.1 Å². The smallest absolute Gasteiger partial charge is 0.225 e. The number of sulfonamides is 1. The Balaban J connectivity index is 2.72. The van der Waals surface area contributed by atoms with Gasteiger partial charge in [-0.3, -0.25) is 0 Å². The third kappa shape index (κ3) is 3.62. The molecule has 0 saturated carbocycles. The predicted octanol–water partition coefficient (Wildman–Crippen LogP) is 0.0883. The summed E-state index contributed by atoms with van der Waals surface area (Å²) in [5.74, 6) is -0.530. The highest BCUT2D eigenvalue weighted by atomic mass is 32.2. The Bertz CT molecular complexity index is 491. The average Bonchev–Trinajstić information content (AvgIpc) is 2.27. The van der Waals surface area contributed by atoms with Crippen molar-refractivity contribution in [1.82, 2.24) is 4.72 Å². The van der Waals surface area contributed by atoms with Gasteiger partial charge in [0.05, 0.1) is 6.07 Å². The summed E-state index contributed by atoms with van der Waals surface area (Å²) in [7, 11) is -3.51. The third-order valence-corrected chi connectivity index (χ3v) is 3.17. The van der Waals surface area contributed by atoms with E-state index < -0.39 is 15.8 Å². The molecule has 3 N–H and O–H groups in total. The Morgan fingerprint density at radius 1 is 1.31 bits per heavy atom. The van der Waals surface area contributed by atoms with Gasteiger partial charge in [-0.15, -0.1) is 0 Å². The molecule has 1 aromatic rings. The largest absolute Gasteiger partial charge is 0.326 e. The number of nitrogens with two attached hydrogens (primary N) is 1. The monoisotopic (exact) mass is 239 g/mol. The summed E-state index contributed by atoms with van der Waals surface area (Å²) < 4.78 is 24.8. The second-order valence-electron chi connectivity index (χ2n) is 3.21. The second-order valence-corrected chi connectivity index (χ2v) is 5.02. The van der Waals surface area contributed by atoms with E-state index in [0.717, 1.165) is 11.1 Å². The summed E-state index contributed by atoms with van der Waals surface area (Å²) in [6, 6.07) is 8.90. The molecule has 86 valence electrons. The molecule has 0 aliphatic carbocycles. The zero-order valence-electron chi connectivity index (χ0n) is 8.68. The van der Waals surface area contributed by atoms with Crippen molar-refractivity contribution in [3.8, 4) is 6.07 Å². The summed E-state index contributed by atoms with van der Waals surface area (Å²) in [6.07, 6.45) is 0. The van der Waals surface area contributed by atoms with E-state index >= 15 is 0 Å². The number of benzene rings is 1. The van der Waals surface area contributed by atoms with Crippen LogP contribution in [-0.4, -0.2) is 14.2 Å². The minimum atomic E-state index is -3.51. The van der Waals surface area contributed by atoms with Crippen LogP contribution in [0.4, 0.5) is 0 Å². The van der Waals surface area contributed by atoms with Gasteiger partial charge in [0, 0.05) is 13.1 Å². The van der Waals surface area contributed by atoms with Crippen LogP contribution in [0.1, 0.15) is 11.1 Å². The van der Waals surface area contributed by atoms with Gasteiger partial charge in [0.2, 0.25) is 10.0 Å². The SMILES string of the molecule is N#CCS(=O)(=O)NCc1ccccc1CN. The minimum absolute atomic E-state index is 0.164. The molecule has 0 aliphatic rings. The molecule has 0 amide bonds. The Labute approximate surface area is 94.9 Å². The first kappa shape index (κ1) is 12.6. The zero-order chi connectivity index (χ0) is 12.0. The molecular formula is C10H13N3O2S. The first-order valence-corrected chi connectivity index (χ1v) is 6.35. The molecule has 0 aromatic heterocycles. The Morgan fingerprint density at radius 2 is 1.94 bits per heavy atom. The lowest BCUT2D eigenvalue weighted by Crippen LogP contribution is -2.26. The standard InChI is InChI=1S/C10H13N3O2S/c11-5-6-16(14,15)13-8-10-4-2-1-3-9(10)7-12/h1-4,13H,6-8,12H2. The fourth-order valence-electron chi connectivity index (χ4n) is 1.25. The van der Waals surface area contributed by atoms with Crippen LogP contribution in [0.15, 0.2) is 24.3 Å². The lowest BCUT2D eigenvalue weighted by atomic mass is 10.1. The van der Waals surface area contributed by atoms with Gasteiger partial charge in [0.25, 0.3) is 0 Å². The van der Waals surface area contributed by atoms with Crippen molar-refractivity contribution in [1.29, 1.82) is 5.26 Å². The minimum Gasteiger partial charge on any atom is -0.326 e. The van der Waals surface area contributed by atoms with Crippen LogP contribution in [0.2, 0.25) is 0 Å². The molecule has 0 fully saturated rings. The summed E-state index contributed by atoms with van der Waals surface area (Å²) in [5.41, 5.74) is 7.24. The molecule has 0 atom stereocenters. The van der Waals surface area contributed by atoms with E-state index in [-0.39, 0.29) is 6.54 Å². The number of rotatable bonds is 5. The molecule has 16 heavy (non-hydrogen) atoms. The first-order chi connectivity index (χ1) is 7.59. The molecule has 6 heteroatoms. The van der Waals surface area contributed by atoms with E-state index in [9.17, 15) is 8.42 Å². The van der Waals surface area contributed by atoms with Crippen molar-refractivity contribution >= 4 is 10.0 Å². The summed E-state index contributed by atoms with van der Waals surface area (Å²) in [6.45, 7) is 0.521. The van der Waals surface area contributed by atoms with Crippen LogP contribution in [-0.2, 0) is 23.1 Å². The van der Waals surface area contributed by atoms with E-state index in [1.807, 2.05) is 18.2 Å². The Kier molecular flexibility index (Phi) is 4.43. The highest BCUT2D eigenvalue weighted by Crippen LogP contribution is 2.07. The number of hydrogen-bond donors (Lipinski definition) is 2. The van der Waals surface area contributed by atoms with Crippen LogP contribution in [0.5, 0.6) is 0 Å². The molecule has 0 unspecified atom stereocenters. The predicted molar refractivity (Wildman–Crippen MR) is 60.6 cm³/mol. The van der Waals surface area contributed by atoms with Gasteiger partial charge in [0.15, 0.2) is 5.75 Å². The van der Waals surface area contributed by atoms with Gasteiger partial charge in [-0.2, -0.15) is 5.26 Å². The summed E-state index contributed by atoms with van der Waals surface area (Å²) in [4.78, 5) is 0. The van der Waals surface area contributed by atoms with Gasteiger partial charge in [-0.05, 0) is 11.1 Å². The maximum Gasteiger partial charge on any atom is 0.225 e. The summed E-state index contributed by atoms with van der Waals surface area (Å²) in [5, 5.41) is 8.31. The molecule has 5 nitrogen and oxygen atoms in total. The maximum absolute atomic E-state index is 11.2. The van der Waals surface area contributed by atoms with Crippen LogP contribution < -0.4 is 10.5 Å². The molecule has 0 heterocycles. The van der Waals surface area contributed by atoms with Gasteiger partial charge in [-0.1, -0.05) is 24.3 Å². The van der Waals surface area contributed by atoms with E-state index in [2.05, 4.69) is 4.72 Å². The Morgan fingerprint density at radius 3 is 2.50 bits per heavy atom. The fourth-order valence-corrected chi connectivity index (χ4v) is 1.90. The van der Waals surface area contributed by atoms with Crippen LogP contribution >= 0.6 is 0 Å². The third-order valence-electron chi connectivity index (χ3n) is 2.08. The molecule has 0 saturated heterocycles. The van der Waals surface area contributed by atoms with E-state index in [1.165, 1.54) is 0 Å². The fraction of sp³-hybridized carbons (Fsp3) is 0.300. The zero-order valence-corrected chi connectivity index (χ0v) is 9.50. The molecular weight excluding hydrogens is 226 g/mol. The van der Waals surface area contributed by atoms with Crippen molar-refractivity contribution < 1.29 is 8.42 Å². The topological polar surface area (TPSA) is 96.0 Å². The normalized spacial score (nSPS) is 11.0.